The topological polar surface area (TPSA) is 68.3 Å². The van der Waals surface area contributed by atoms with E-state index >= 15 is 0 Å². The molecule has 0 saturated heterocycles. The van der Waals surface area contributed by atoms with Crippen LogP contribution in [-0.2, 0) is 6.54 Å². The van der Waals surface area contributed by atoms with Crippen molar-refractivity contribution in [3.63, 3.8) is 0 Å². The fourth-order valence-corrected chi connectivity index (χ4v) is 2.95. The zero-order valence-electron chi connectivity index (χ0n) is 12.8. The van der Waals surface area contributed by atoms with E-state index in [1.165, 1.54) is 44.8 Å². The molecule has 0 bridgehead atoms. The first-order chi connectivity index (χ1) is 9.69. The predicted molar refractivity (Wildman–Crippen MR) is 86.6 cm³/mol. The normalized spacial score (nSPS) is 17.0. The summed E-state index contributed by atoms with van der Waals surface area (Å²) >= 11 is 0. The zero-order valence-corrected chi connectivity index (χ0v) is 13.6. The lowest BCUT2D eigenvalue weighted by Crippen LogP contribution is -2.32. The average Bonchev–Trinajstić information content (AvgIpc) is 2.95. The Kier molecular flexibility index (Phi) is 7.83. The monoisotopic (exact) mass is 314 g/mol. The second kappa shape index (κ2) is 9.11. The van der Waals surface area contributed by atoms with Crippen LogP contribution < -0.4 is 11.1 Å². The molecular weight excluding hydrogens is 288 g/mol. The molecule has 1 aromatic heterocycles. The second-order valence-electron chi connectivity index (χ2n) is 5.96. The summed E-state index contributed by atoms with van der Waals surface area (Å²) in [6.45, 7) is 2.40. The number of hydrogen-bond acceptors (Lipinski definition) is 3. The minimum absolute atomic E-state index is 0. The second-order valence-corrected chi connectivity index (χ2v) is 5.96. The van der Waals surface area contributed by atoms with Gasteiger partial charge in [-0.3, -0.25) is 4.79 Å². The Bertz CT molecular complexity index is 428. The van der Waals surface area contributed by atoms with Crippen molar-refractivity contribution < 1.29 is 9.21 Å². The number of furan rings is 1. The van der Waals surface area contributed by atoms with E-state index in [2.05, 4.69) is 12.2 Å². The van der Waals surface area contributed by atoms with Gasteiger partial charge in [-0.05, 0) is 31.7 Å². The Hall–Kier alpha value is -1.00. The number of hydrogen-bond donors (Lipinski definition) is 2. The lowest BCUT2D eigenvalue weighted by molar-refractivity contribution is 0.0935. The standard InChI is InChI=1S/C16H26N2O2.ClH/c1-12(7-8-13-5-3-2-4-6-13)18-16(19)14-9-15(10-17)20-11-14;/h9,11-13H,2-8,10,17H2,1H3,(H,18,19);1H. The molecule has 120 valence electrons. The van der Waals surface area contributed by atoms with Gasteiger partial charge in [-0.25, -0.2) is 0 Å². The molecular formula is C16H27ClN2O2. The van der Waals surface area contributed by atoms with Crippen LogP contribution in [0.25, 0.3) is 0 Å². The quantitative estimate of drug-likeness (QED) is 0.842. The molecule has 21 heavy (non-hydrogen) atoms. The molecule has 1 unspecified atom stereocenters. The summed E-state index contributed by atoms with van der Waals surface area (Å²) in [6.07, 6.45) is 10.6. The number of amides is 1. The first-order valence-electron chi connectivity index (χ1n) is 7.77. The van der Waals surface area contributed by atoms with Gasteiger partial charge in [-0.2, -0.15) is 0 Å². The molecule has 1 fully saturated rings. The smallest absolute Gasteiger partial charge is 0.254 e. The fraction of sp³-hybridized carbons (Fsp3) is 0.688. The van der Waals surface area contributed by atoms with Crippen molar-refractivity contribution in [2.75, 3.05) is 0 Å². The maximum atomic E-state index is 12.0. The van der Waals surface area contributed by atoms with E-state index in [0.717, 1.165) is 12.3 Å². The van der Waals surface area contributed by atoms with Crippen LogP contribution in [-0.4, -0.2) is 11.9 Å². The van der Waals surface area contributed by atoms with Crippen molar-refractivity contribution in [3.05, 3.63) is 23.7 Å². The van der Waals surface area contributed by atoms with Crippen molar-refractivity contribution in [2.45, 2.75) is 64.5 Å². The minimum atomic E-state index is -0.0652. The maximum Gasteiger partial charge on any atom is 0.254 e. The summed E-state index contributed by atoms with van der Waals surface area (Å²) in [6, 6.07) is 1.92. The Balaban J connectivity index is 0.00000220. The molecule has 5 heteroatoms. The maximum absolute atomic E-state index is 12.0. The third-order valence-electron chi connectivity index (χ3n) is 4.23. The van der Waals surface area contributed by atoms with Gasteiger partial charge in [-0.1, -0.05) is 32.1 Å². The van der Waals surface area contributed by atoms with Gasteiger partial charge in [0.25, 0.3) is 5.91 Å². The molecule has 1 aromatic rings. The summed E-state index contributed by atoms with van der Waals surface area (Å²) in [5, 5.41) is 3.03. The van der Waals surface area contributed by atoms with Crippen LogP contribution in [0.2, 0.25) is 0 Å². The number of nitrogens with one attached hydrogen (secondary N) is 1. The minimum Gasteiger partial charge on any atom is -0.467 e. The summed E-state index contributed by atoms with van der Waals surface area (Å²) in [7, 11) is 0. The third-order valence-corrected chi connectivity index (χ3v) is 4.23. The molecule has 1 amide bonds. The van der Waals surface area contributed by atoms with Crippen LogP contribution in [0, 0.1) is 5.92 Å². The molecule has 1 aliphatic carbocycles. The lowest BCUT2D eigenvalue weighted by atomic mass is 9.85. The van der Waals surface area contributed by atoms with Crippen molar-refractivity contribution in [1.82, 2.24) is 5.32 Å². The van der Waals surface area contributed by atoms with Crippen LogP contribution in [0.4, 0.5) is 0 Å². The third kappa shape index (κ3) is 5.71. The molecule has 1 heterocycles. The highest BCUT2D eigenvalue weighted by molar-refractivity contribution is 5.94. The van der Waals surface area contributed by atoms with Gasteiger partial charge in [-0.15, -0.1) is 12.4 Å². The number of rotatable bonds is 6. The number of carbonyl (C=O) groups is 1. The number of halogens is 1. The molecule has 3 N–H and O–H groups in total. The van der Waals surface area contributed by atoms with E-state index in [9.17, 15) is 4.79 Å². The van der Waals surface area contributed by atoms with E-state index < -0.39 is 0 Å². The first kappa shape index (κ1) is 18.1. The Morgan fingerprint density at radius 1 is 1.43 bits per heavy atom. The molecule has 0 radical (unpaired) electrons. The van der Waals surface area contributed by atoms with Crippen LogP contribution in [0.1, 0.15) is 68.0 Å². The van der Waals surface area contributed by atoms with E-state index in [4.69, 9.17) is 10.2 Å². The summed E-state index contributed by atoms with van der Waals surface area (Å²) in [5.41, 5.74) is 6.03. The first-order valence-corrected chi connectivity index (χ1v) is 7.77. The molecule has 4 nitrogen and oxygen atoms in total. The number of nitrogens with two attached hydrogens (primary N) is 1. The molecule has 0 aromatic carbocycles. The van der Waals surface area contributed by atoms with Crippen LogP contribution in [0.3, 0.4) is 0 Å². The van der Waals surface area contributed by atoms with Gasteiger partial charge >= 0.3 is 0 Å². The Morgan fingerprint density at radius 3 is 2.76 bits per heavy atom. The van der Waals surface area contributed by atoms with Gasteiger partial charge in [0.2, 0.25) is 0 Å². The van der Waals surface area contributed by atoms with Gasteiger partial charge in [0.05, 0.1) is 12.1 Å². The molecule has 1 atom stereocenters. The Morgan fingerprint density at radius 2 is 2.14 bits per heavy atom. The molecule has 2 rings (SSSR count). The van der Waals surface area contributed by atoms with Crippen molar-refractivity contribution >= 4 is 18.3 Å². The lowest BCUT2D eigenvalue weighted by Gasteiger charge is -2.23. The van der Waals surface area contributed by atoms with Gasteiger partial charge < -0.3 is 15.5 Å². The largest absolute Gasteiger partial charge is 0.467 e. The van der Waals surface area contributed by atoms with E-state index in [1.807, 2.05) is 0 Å². The molecule has 0 spiro atoms. The zero-order chi connectivity index (χ0) is 14.4. The molecule has 1 aliphatic rings. The highest BCUT2D eigenvalue weighted by Gasteiger charge is 2.16. The van der Waals surface area contributed by atoms with E-state index in [1.54, 1.807) is 6.07 Å². The van der Waals surface area contributed by atoms with E-state index in [-0.39, 0.29) is 24.4 Å². The summed E-state index contributed by atoms with van der Waals surface area (Å²) in [5.74, 6) is 1.44. The molecule has 0 aliphatic heterocycles. The van der Waals surface area contributed by atoms with Crippen LogP contribution in [0.15, 0.2) is 16.7 Å². The SMILES string of the molecule is CC(CCC1CCCCC1)NC(=O)c1coc(CN)c1.Cl. The highest BCUT2D eigenvalue weighted by atomic mass is 35.5. The van der Waals surface area contributed by atoms with Crippen molar-refractivity contribution in [2.24, 2.45) is 11.7 Å². The molecule has 1 saturated carbocycles. The fourth-order valence-electron chi connectivity index (χ4n) is 2.95. The van der Waals surface area contributed by atoms with Gasteiger partial charge in [0, 0.05) is 6.04 Å². The highest BCUT2D eigenvalue weighted by Crippen LogP contribution is 2.27. The number of carbonyl (C=O) groups excluding carboxylic acids is 1. The van der Waals surface area contributed by atoms with Gasteiger partial charge in [0.1, 0.15) is 12.0 Å². The summed E-state index contributed by atoms with van der Waals surface area (Å²) < 4.78 is 5.19. The van der Waals surface area contributed by atoms with E-state index in [0.29, 0.717) is 17.9 Å². The summed E-state index contributed by atoms with van der Waals surface area (Å²) in [4.78, 5) is 12.0. The van der Waals surface area contributed by atoms with Crippen molar-refractivity contribution in [3.8, 4) is 0 Å². The predicted octanol–water partition coefficient (Wildman–Crippen LogP) is 3.64. The average molecular weight is 315 g/mol. The van der Waals surface area contributed by atoms with Crippen molar-refractivity contribution in [1.29, 1.82) is 0 Å². The van der Waals surface area contributed by atoms with Gasteiger partial charge in [0.15, 0.2) is 0 Å². The Labute approximate surface area is 133 Å². The van der Waals surface area contributed by atoms with Crippen LogP contribution in [0.5, 0.6) is 0 Å². The van der Waals surface area contributed by atoms with Crippen LogP contribution >= 0.6 is 12.4 Å².